The number of alkyl halides is 2. The molecule has 1 amide bonds. The standard InChI is InChI=1S/C22H18F2N4O2/c23-22(24)7-10-27(11-8-22)20(29)16-4-5-18-14(12-16)2-1-3-17(18)15-6-9-28-19(13-15)25-26-21(28)30/h1-6,9,12-13H,7-8,10-11H2,(H,26,30). The first-order valence-corrected chi connectivity index (χ1v) is 9.68. The van der Waals surface area contributed by atoms with Gasteiger partial charge in [0.1, 0.15) is 0 Å². The molecule has 2 aromatic carbocycles. The molecule has 1 aliphatic rings. The monoisotopic (exact) mass is 408 g/mol. The van der Waals surface area contributed by atoms with E-state index in [0.717, 1.165) is 21.9 Å². The van der Waals surface area contributed by atoms with Crippen LogP contribution in [0.5, 0.6) is 0 Å². The summed E-state index contributed by atoms with van der Waals surface area (Å²) in [6, 6.07) is 14.8. The molecule has 3 heterocycles. The Bertz CT molecular complexity index is 1330. The lowest BCUT2D eigenvalue weighted by Gasteiger charge is -2.31. The maximum absolute atomic E-state index is 13.4. The second-order valence-electron chi connectivity index (χ2n) is 7.56. The van der Waals surface area contributed by atoms with Crippen LogP contribution >= 0.6 is 0 Å². The minimum Gasteiger partial charge on any atom is -0.338 e. The molecule has 0 saturated carbocycles. The Labute approximate surface area is 169 Å². The second-order valence-corrected chi connectivity index (χ2v) is 7.56. The van der Waals surface area contributed by atoms with E-state index < -0.39 is 5.92 Å². The van der Waals surface area contributed by atoms with Gasteiger partial charge in [-0.15, -0.1) is 0 Å². The quantitative estimate of drug-likeness (QED) is 0.550. The van der Waals surface area contributed by atoms with Crippen molar-refractivity contribution < 1.29 is 13.6 Å². The van der Waals surface area contributed by atoms with Crippen LogP contribution in [0.4, 0.5) is 8.78 Å². The second kappa shape index (κ2) is 6.76. The Morgan fingerprint density at radius 2 is 1.87 bits per heavy atom. The number of rotatable bonds is 2. The van der Waals surface area contributed by atoms with Gasteiger partial charge in [0.15, 0.2) is 5.65 Å². The number of carbonyl (C=O) groups excluding carboxylic acids is 1. The van der Waals surface area contributed by atoms with Gasteiger partial charge in [-0.05, 0) is 46.2 Å². The van der Waals surface area contributed by atoms with Crippen molar-refractivity contribution in [2.75, 3.05) is 13.1 Å². The van der Waals surface area contributed by atoms with Gasteiger partial charge in [-0.25, -0.2) is 18.7 Å². The lowest BCUT2D eigenvalue weighted by atomic mass is 9.97. The summed E-state index contributed by atoms with van der Waals surface area (Å²) in [7, 11) is 0. The number of aromatic amines is 1. The summed E-state index contributed by atoms with van der Waals surface area (Å²) in [5.41, 5.74) is 2.54. The van der Waals surface area contributed by atoms with E-state index in [1.54, 1.807) is 18.3 Å². The predicted molar refractivity (Wildman–Crippen MR) is 109 cm³/mol. The smallest absolute Gasteiger partial charge is 0.338 e. The average Bonchev–Trinajstić information content (AvgIpc) is 3.12. The van der Waals surface area contributed by atoms with Gasteiger partial charge in [0.2, 0.25) is 0 Å². The first-order valence-electron chi connectivity index (χ1n) is 9.68. The van der Waals surface area contributed by atoms with E-state index in [0.29, 0.717) is 11.2 Å². The molecule has 0 radical (unpaired) electrons. The molecule has 0 aliphatic carbocycles. The number of aromatic nitrogens is 3. The highest BCUT2D eigenvalue weighted by atomic mass is 19.3. The molecule has 1 aliphatic heterocycles. The lowest BCUT2D eigenvalue weighted by molar-refractivity contribution is -0.0494. The average molecular weight is 408 g/mol. The topological polar surface area (TPSA) is 70.5 Å². The Morgan fingerprint density at radius 1 is 1.07 bits per heavy atom. The van der Waals surface area contributed by atoms with Crippen molar-refractivity contribution in [3.05, 3.63) is 70.8 Å². The molecule has 152 valence electrons. The van der Waals surface area contributed by atoms with Crippen LogP contribution in [0.25, 0.3) is 27.5 Å². The number of fused-ring (bicyclic) bond motifs is 2. The first-order chi connectivity index (χ1) is 14.4. The molecule has 0 unspecified atom stereocenters. The molecule has 0 bridgehead atoms. The van der Waals surface area contributed by atoms with Crippen molar-refractivity contribution >= 4 is 22.3 Å². The maximum Gasteiger partial charge on any atom is 0.347 e. The summed E-state index contributed by atoms with van der Waals surface area (Å²) >= 11 is 0. The van der Waals surface area contributed by atoms with Gasteiger partial charge in [0, 0.05) is 37.7 Å². The minimum atomic E-state index is -2.68. The number of benzene rings is 2. The molecule has 2 aromatic heterocycles. The highest BCUT2D eigenvalue weighted by Crippen LogP contribution is 2.31. The van der Waals surface area contributed by atoms with Crippen LogP contribution in [0.3, 0.4) is 0 Å². The highest BCUT2D eigenvalue weighted by molar-refractivity contribution is 6.02. The molecule has 1 saturated heterocycles. The zero-order valence-electron chi connectivity index (χ0n) is 15.9. The summed E-state index contributed by atoms with van der Waals surface area (Å²) in [5.74, 6) is -2.91. The molecule has 1 fully saturated rings. The molecule has 4 aromatic rings. The fourth-order valence-corrected chi connectivity index (χ4v) is 3.96. The first kappa shape index (κ1) is 18.5. The number of H-pyrrole nitrogens is 1. The van der Waals surface area contributed by atoms with Crippen LogP contribution in [0.1, 0.15) is 23.2 Å². The van der Waals surface area contributed by atoms with Crippen LogP contribution in [-0.4, -0.2) is 44.4 Å². The van der Waals surface area contributed by atoms with Crippen LogP contribution in [0.2, 0.25) is 0 Å². The van der Waals surface area contributed by atoms with Crippen LogP contribution in [0, 0.1) is 0 Å². The van der Waals surface area contributed by atoms with Crippen molar-refractivity contribution in [1.29, 1.82) is 0 Å². The summed E-state index contributed by atoms with van der Waals surface area (Å²) in [6.45, 7) is 0.125. The van der Waals surface area contributed by atoms with Gasteiger partial charge in [-0.3, -0.25) is 9.20 Å². The number of amides is 1. The van der Waals surface area contributed by atoms with E-state index in [-0.39, 0.29) is 37.5 Å². The number of nitrogens with zero attached hydrogens (tertiary/aromatic N) is 3. The number of hydrogen-bond donors (Lipinski definition) is 1. The number of hydrogen-bond acceptors (Lipinski definition) is 3. The molecule has 5 rings (SSSR count). The third-order valence-corrected chi connectivity index (χ3v) is 5.64. The van der Waals surface area contributed by atoms with Gasteiger partial charge in [0.25, 0.3) is 11.8 Å². The third-order valence-electron chi connectivity index (χ3n) is 5.64. The van der Waals surface area contributed by atoms with E-state index in [2.05, 4.69) is 10.2 Å². The summed E-state index contributed by atoms with van der Waals surface area (Å²) in [4.78, 5) is 26.0. The van der Waals surface area contributed by atoms with Gasteiger partial charge in [-0.1, -0.05) is 24.3 Å². The number of piperidine rings is 1. The SMILES string of the molecule is O=C(c1ccc2c(-c3ccn4c(=O)[nH]nc4c3)cccc2c1)N1CCC(F)(F)CC1. The van der Waals surface area contributed by atoms with Crippen molar-refractivity contribution in [2.45, 2.75) is 18.8 Å². The summed E-state index contributed by atoms with van der Waals surface area (Å²) in [6.07, 6.45) is 1.07. The normalized spacial score (nSPS) is 16.3. The molecular weight excluding hydrogens is 390 g/mol. The summed E-state index contributed by atoms with van der Waals surface area (Å²) in [5, 5.41) is 8.24. The molecule has 8 heteroatoms. The number of likely N-dealkylation sites (tertiary alicyclic amines) is 1. The number of pyridine rings is 1. The van der Waals surface area contributed by atoms with E-state index >= 15 is 0 Å². The van der Waals surface area contributed by atoms with Gasteiger partial charge in [0.05, 0.1) is 0 Å². The zero-order chi connectivity index (χ0) is 20.9. The Kier molecular flexibility index (Phi) is 4.16. The van der Waals surface area contributed by atoms with Crippen LogP contribution in [0.15, 0.2) is 59.5 Å². The van der Waals surface area contributed by atoms with Crippen molar-refractivity contribution in [3.8, 4) is 11.1 Å². The Balaban J connectivity index is 1.50. The van der Waals surface area contributed by atoms with E-state index in [4.69, 9.17) is 0 Å². The van der Waals surface area contributed by atoms with Crippen LogP contribution < -0.4 is 5.69 Å². The van der Waals surface area contributed by atoms with E-state index in [9.17, 15) is 18.4 Å². The van der Waals surface area contributed by atoms with Crippen molar-refractivity contribution in [2.24, 2.45) is 0 Å². The maximum atomic E-state index is 13.4. The molecule has 0 atom stereocenters. The van der Waals surface area contributed by atoms with Crippen LogP contribution in [-0.2, 0) is 0 Å². The van der Waals surface area contributed by atoms with E-state index in [1.165, 1.54) is 9.30 Å². The fraction of sp³-hybridized carbons (Fsp3) is 0.227. The number of halogens is 2. The largest absolute Gasteiger partial charge is 0.347 e. The van der Waals surface area contributed by atoms with E-state index in [1.807, 2.05) is 36.4 Å². The number of carbonyl (C=O) groups is 1. The molecule has 0 spiro atoms. The zero-order valence-corrected chi connectivity index (χ0v) is 15.9. The van der Waals surface area contributed by atoms with Crippen molar-refractivity contribution in [1.82, 2.24) is 19.5 Å². The highest BCUT2D eigenvalue weighted by Gasteiger charge is 2.35. The Hall–Kier alpha value is -3.55. The molecule has 6 nitrogen and oxygen atoms in total. The molecule has 1 N–H and O–H groups in total. The summed E-state index contributed by atoms with van der Waals surface area (Å²) < 4.78 is 28.2. The Morgan fingerprint density at radius 3 is 2.67 bits per heavy atom. The van der Waals surface area contributed by atoms with Gasteiger partial charge < -0.3 is 4.90 Å². The fourth-order valence-electron chi connectivity index (χ4n) is 3.96. The lowest BCUT2D eigenvalue weighted by Crippen LogP contribution is -2.42. The molecular formula is C22H18F2N4O2. The molecule has 30 heavy (non-hydrogen) atoms. The van der Waals surface area contributed by atoms with Crippen molar-refractivity contribution in [3.63, 3.8) is 0 Å². The minimum absolute atomic E-state index is 0.0625. The van der Waals surface area contributed by atoms with Gasteiger partial charge >= 0.3 is 5.69 Å². The third kappa shape index (κ3) is 3.14. The van der Waals surface area contributed by atoms with Gasteiger partial charge in [-0.2, -0.15) is 5.10 Å². The predicted octanol–water partition coefficient (Wildman–Crippen LogP) is 3.71. The number of nitrogens with one attached hydrogen (secondary N) is 1.